The van der Waals surface area contributed by atoms with Gasteiger partial charge in [-0.1, -0.05) is 6.07 Å². The number of nitrogens with two attached hydrogens (primary N) is 1. The first kappa shape index (κ1) is 14.1. The first-order valence-electron chi connectivity index (χ1n) is 6.74. The van der Waals surface area contributed by atoms with Crippen molar-refractivity contribution in [2.75, 3.05) is 11.9 Å². The third-order valence-electron chi connectivity index (χ3n) is 2.91. The smallest absolute Gasteiger partial charge is 0.193 e. The summed E-state index contributed by atoms with van der Waals surface area (Å²) in [6, 6.07) is 6.24. The Morgan fingerprint density at radius 2 is 2.05 bits per heavy atom. The maximum absolute atomic E-state index is 5.89. The topological polar surface area (TPSA) is 68.2 Å². The predicted octanol–water partition coefficient (Wildman–Crippen LogP) is 2.32. The molecule has 0 aliphatic carbocycles. The van der Waals surface area contributed by atoms with Gasteiger partial charge in [0.25, 0.3) is 0 Å². The second-order valence-electron chi connectivity index (χ2n) is 4.92. The summed E-state index contributed by atoms with van der Waals surface area (Å²) >= 11 is 0. The summed E-state index contributed by atoms with van der Waals surface area (Å²) in [4.78, 5) is 8.33. The fraction of sp³-hybridized carbons (Fsp3) is 0.333. The molecule has 5 nitrogen and oxygen atoms in total. The molecular weight excluding hydrogens is 250 g/mol. The molecule has 0 aliphatic heterocycles. The average molecular weight is 271 g/mol. The maximum Gasteiger partial charge on any atom is 0.193 e. The van der Waals surface area contributed by atoms with Crippen LogP contribution in [0.2, 0.25) is 0 Å². The number of nitrogens with zero attached hydrogens (tertiary/aromatic N) is 3. The third-order valence-corrected chi connectivity index (χ3v) is 2.91. The number of rotatable bonds is 5. The molecular formula is C15H21N5. The van der Waals surface area contributed by atoms with Crippen LogP contribution in [0.1, 0.15) is 17.5 Å². The molecule has 5 heteroatoms. The lowest BCUT2D eigenvalue weighted by Gasteiger charge is -2.08. The summed E-state index contributed by atoms with van der Waals surface area (Å²) < 4.78 is 2.03. The zero-order chi connectivity index (χ0) is 14.4. The zero-order valence-electron chi connectivity index (χ0n) is 12.0. The average Bonchev–Trinajstić information content (AvgIpc) is 2.86. The highest BCUT2D eigenvalue weighted by Crippen LogP contribution is 2.13. The van der Waals surface area contributed by atoms with Gasteiger partial charge in [0.2, 0.25) is 0 Å². The second kappa shape index (κ2) is 6.75. The molecule has 2 aromatic rings. The number of hydrogen-bond acceptors (Lipinski definition) is 2. The SMILES string of the molecule is Cc1cc(C)cc(NC(N)=NCCCn2ccnc2)c1. The minimum atomic E-state index is 0.459. The number of nitrogens with one attached hydrogen (secondary N) is 1. The van der Waals surface area contributed by atoms with E-state index in [0.717, 1.165) is 18.7 Å². The maximum atomic E-state index is 5.89. The van der Waals surface area contributed by atoms with Gasteiger partial charge < -0.3 is 15.6 Å². The fourth-order valence-corrected chi connectivity index (χ4v) is 2.11. The van der Waals surface area contributed by atoms with Crippen LogP contribution >= 0.6 is 0 Å². The van der Waals surface area contributed by atoms with Crippen molar-refractivity contribution in [2.45, 2.75) is 26.8 Å². The number of hydrogen-bond donors (Lipinski definition) is 2. The standard InChI is InChI=1S/C15H21N5/c1-12-8-13(2)10-14(9-12)19-15(16)18-4-3-6-20-7-5-17-11-20/h5,7-11H,3-4,6H2,1-2H3,(H3,16,18,19). The van der Waals surface area contributed by atoms with Crippen molar-refractivity contribution in [1.29, 1.82) is 0 Å². The molecule has 0 fully saturated rings. The molecule has 1 aromatic carbocycles. The van der Waals surface area contributed by atoms with Crippen LogP contribution in [0.25, 0.3) is 0 Å². The van der Waals surface area contributed by atoms with Gasteiger partial charge >= 0.3 is 0 Å². The van der Waals surface area contributed by atoms with Gasteiger partial charge in [0, 0.05) is 31.2 Å². The van der Waals surface area contributed by atoms with E-state index in [1.54, 1.807) is 12.5 Å². The molecule has 0 amide bonds. The van der Waals surface area contributed by atoms with Crippen LogP contribution in [0.5, 0.6) is 0 Å². The number of aliphatic imine (C=N–C) groups is 1. The van der Waals surface area contributed by atoms with E-state index in [9.17, 15) is 0 Å². The van der Waals surface area contributed by atoms with Crippen molar-refractivity contribution in [3.63, 3.8) is 0 Å². The first-order chi connectivity index (χ1) is 9.63. The van der Waals surface area contributed by atoms with Crippen LogP contribution in [0.3, 0.4) is 0 Å². The Morgan fingerprint density at radius 1 is 1.30 bits per heavy atom. The summed E-state index contributed by atoms with van der Waals surface area (Å²) in [6.07, 6.45) is 6.46. The van der Waals surface area contributed by atoms with E-state index in [1.807, 2.05) is 10.8 Å². The van der Waals surface area contributed by atoms with E-state index < -0.39 is 0 Å². The molecule has 0 spiro atoms. The zero-order valence-corrected chi connectivity index (χ0v) is 12.0. The van der Waals surface area contributed by atoms with Gasteiger partial charge in [0.1, 0.15) is 0 Å². The van der Waals surface area contributed by atoms with Crippen LogP contribution in [0.4, 0.5) is 5.69 Å². The fourth-order valence-electron chi connectivity index (χ4n) is 2.11. The minimum absolute atomic E-state index is 0.459. The number of benzene rings is 1. The van der Waals surface area contributed by atoms with E-state index >= 15 is 0 Å². The molecule has 20 heavy (non-hydrogen) atoms. The highest BCUT2D eigenvalue weighted by molar-refractivity contribution is 5.92. The van der Waals surface area contributed by atoms with Crippen LogP contribution in [-0.2, 0) is 6.54 Å². The monoisotopic (exact) mass is 271 g/mol. The van der Waals surface area contributed by atoms with Crippen LogP contribution < -0.4 is 11.1 Å². The molecule has 0 bridgehead atoms. The van der Waals surface area contributed by atoms with Crippen LogP contribution in [-0.4, -0.2) is 22.1 Å². The Bertz CT molecular complexity index is 552. The van der Waals surface area contributed by atoms with Crippen molar-refractivity contribution in [2.24, 2.45) is 10.7 Å². The predicted molar refractivity (Wildman–Crippen MR) is 82.9 cm³/mol. The van der Waals surface area contributed by atoms with Gasteiger partial charge in [-0.2, -0.15) is 0 Å². The Hall–Kier alpha value is -2.30. The second-order valence-corrected chi connectivity index (χ2v) is 4.92. The van der Waals surface area contributed by atoms with E-state index in [0.29, 0.717) is 12.5 Å². The molecule has 1 aromatic heterocycles. The number of guanidine groups is 1. The van der Waals surface area contributed by atoms with Gasteiger partial charge in [-0.25, -0.2) is 4.98 Å². The molecule has 2 rings (SSSR count). The van der Waals surface area contributed by atoms with E-state index in [-0.39, 0.29) is 0 Å². The van der Waals surface area contributed by atoms with Gasteiger partial charge in [-0.3, -0.25) is 4.99 Å². The van der Waals surface area contributed by atoms with Crippen molar-refractivity contribution in [3.8, 4) is 0 Å². The quantitative estimate of drug-likeness (QED) is 0.498. The molecule has 0 saturated carbocycles. The summed E-state index contributed by atoms with van der Waals surface area (Å²) in [7, 11) is 0. The van der Waals surface area contributed by atoms with Gasteiger partial charge in [0.15, 0.2) is 5.96 Å². The van der Waals surface area contributed by atoms with E-state index in [1.165, 1.54) is 11.1 Å². The van der Waals surface area contributed by atoms with Gasteiger partial charge in [-0.05, 0) is 43.5 Å². The summed E-state index contributed by atoms with van der Waals surface area (Å²) in [5.41, 5.74) is 9.29. The number of anilines is 1. The highest BCUT2D eigenvalue weighted by atomic mass is 15.1. The summed E-state index contributed by atoms with van der Waals surface area (Å²) in [5.74, 6) is 0.459. The summed E-state index contributed by atoms with van der Waals surface area (Å²) in [6.45, 7) is 5.73. The molecule has 106 valence electrons. The molecule has 0 radical (unpaired) electrons. The van der Waals surface area contributed by atoms with Crippen LogP contribution in [0.15, 0.2) is 41.9 Å². The number of imidazole rings is 1. The lowest BCUT2D eigenvalue weighted by atomic mass is 10.1. The Morgan fingerprint density at radius 3 is 2.70 bits per heavy atom. The largest absolute Gasteiger partial charge is 0.370 e. The minimum Gasteiger partial charge on any atom is -0.370 e. The molecule has 0 atom stereocenters. The molecule has 0 aliphatic rings. The number of aryl methyl sites for hydroxylation is 3. The molecule has 1 heterocycles. The third kappa shape index (κ3) is 4.42. The Kier molecular flexibility index (Phi) is 4.76. The molecule has 3 N–H and O–H groups in total. The Balaban J connectivity index is 1.81. The molecule has 0 unspecified atom stereocenters. The highest BCUT2D eigenvalue weighted by Gasteiger charge is 1.97. The van der Waals surface area contributed by atoms with Crippen molar-refractivity contribution in [1.82, 2.24) is 9.55 Å². The van der Waals surface area contributed by atoms with Gasteiger partial charge in [-0.15, -0.1) is 0 Å². The summed E-state index contributed by atoms with van der Waals surface area (Å²) in [5, 5.41) is 3.13. The van der Waals surface area contributed by atoms with Crippen molar-refractivity contribution in [3.05, 3.63) is 48.0 Å². The van der Waals surface area contributed by atoms with Crippen LogP contribution in [0, 0.1) is 13.8 Å². The Labute approximate surface area is 119 Å². The van der Waals surface area contributed by atoms with E-state index in [4.69, 9.17) is 5.73 Å². The first-order valence-corrected chi connectivity index (χ1v) is 6.74. The molecule has 0 saturated heterocycles. The normalized spacial score (nSPS) is 11.6. The van der Waals surface area contributed by atoms with E-state index in [2.05, 4.69) is 47.3 Å². The van der Waals surface area contributed by atoms with Crippen molar-refractivity contribution < 1.29 is 0 Å². The van der Waals surface area contributed by atoms with Crippen molar-refractivity contribution >= 4 is 11.6 Å². The lowest BCUT2D eigenvalue weighted by molar-refractivity contribution is 0.650. The van der Waals surface area contributed by atoms with Gasteiger partial charge in [0.05, 0.1) is 6.33 Å². The number of aromatic nitrogens is 2. The lowest BCUT2D eigenvalue weighted by Crippen LogP contribution is -2.23.